The lowest BCUT2D eigenvalue weighted by Crippen LogP contribution is -2.48. The van der Waals surface area contributed by atoms with Crippen molar-refractivity contribution in [2.75, 3.05) is 25.6 Å². The maximum atomic E-state index is 12.3. The zero-order valence-electron chi connectivity index (χ0n) is 17.7. The molecule has 160 valence electrons. The Morgan fingerprint density at radius 1 is 1.07 bits per heavy atom. The Bertz CT molecular complexity index is 897. The Hall–Kier alpha value is -2.71. The molecule has 4 rings (SSSR count). The number of hydrogen-bond acceptors (Lipinski definition) is 7. The van der Waals surface area contributed by atoms with Gasteiger partial charge in [-0.15, -0.1) is 0 Å². The van der Waals surface area contributed by atoms with E-state index >= 15 is 0 Å². The number of aromatic nitrogens is 2. The second-order valence-electron chi connectivity index (χ2n) is 8.67. The van der Waals surface area contributed by atoms with Crippen molar-refractivity contribution in [1.82, 2.24) is 15.3 Å². The van der Waals surface area contributed by atoms with E-state index in [9.17, 15) is 4.79 Å². The molecule has 0 spiro atoms. The van der Waals surface area contributed by atoms with E-state index in [0.717, 1.165) is 17.0 Å². The van der Waals surface area contributed by atoms with Gasteiger partial charge < -0.3 is 24.8 Å². The Labute approximate surface area is 176 Å². The van der Waals surface area contributed by atoms with Gasteiger partial charge in [-0.2, -0.15) is 0 Å². The molecule has 1 amide bonds. The number of nitrogens with zero attached hydrogens (tertiary/aromatic N) is 2. The van der Waals surface area contributed by atoms with E-state index in [2.05, 4.69) is 20.6 Å². The number of carbonyl (C=O) groups is 1. The fraction of sp³-hybridized carbons (Fsp3) is 0.500. The molecule has 2 aliphatic heterocycles. The number of hydrogen-bond donors (Lipinski definition) is 2. The number of anilines is 1. The minimum atomic E-state index is -0.454. The Balaban J connectivity index is 1.41. The van der Waals surface area contributed by atoms with E-state index in [4.69, 9.17) is 14.2 Å². The van der Waals surface area contributed by atoms with E-state index < -0.39 is 5.41 Å². The summed E-state index contributed by atoms with van der Waals surface area (Å²) in [7, 11) is 1.64. The number of carbonyl (C=O) groups excluding carboxylic acids is 1. The summed E-state index contributed by atoms with van der Waals surface area (Å²) >= 11 is 0. The number of ether oxygens (including phenoxy) is 3. The van der Waals surface area contributed by atoms with Crippen LogP contribution in [-0.4, -0.2) is 60.5 Å². The molecule has 4 atom stereocenters. The van der Waals surface area contributed by atoms with E-state index in [1.807, 2.05) is 51.1 Å². The topological polar surface area (TPSA) is 94.6 Å². The molecule has 2 fully saturated rings. The van der Waals surface area contributed by atoms with Gasteiger partial charge in [0, 0.05) is 17.2 Å². The van der Waals surface area contributed by atoms with E-state index in [1.54, 1.807) is 13.3 Å². The molecule has 30 heavy (non-hydrogen) atoms. The maximum absolute atomic E-state index is 12.3. The number of methoxy groups -OCH3 is 1. The lowest BCUT2D eigenvalue weighted by atomic mass is 9.94. The van der Waals surface area contributed by atoms with E-state index in [-0.39, 0.29) is 30.2 Å². The molecule has 0 radical (unpaired) electrons. The quantitative estimate of drug-likeness (QED) is 0.778. The number of amides is 1. The zero-order chi connectivity index (χ0) is 21.3. The van der Waals surface area contributed by atoms with Crippen molar-refractivity contribution in [1.29, 1.82) is 0 Å². The third-order valence-corrected chi connectivity index (χ3v) is 5.41. The average Bonchev–Trinajstić information content (AvgIpc) is 3.31. The molecule has 0 bridgehead atoms. The molecule has 2 saturated heterocycles. The van der Waals surface area contributed by atoms with Gasteiger partial charge in [0.1, 0.15) is 18.0 Å². The van der Waals surface area contributed by atoms with Crippen LogP contribution in [0.2, 0.25) is 0 Å². The van der Waals surface area contributed by atoms with Crippen LogP contribution in [0.25, 0.3) is 11.3 Å². The lowest BCUT2D eigenvalue weighted by molar-refractivity contribution is -0.129. The lowest BCUT2D eigenvalue weighted by Gasteiger charge is -2.23. The van der Waals surface area contributed by atoms with Gasteiger partial charge in [0.05, 0.1) is 38.1 Å². The molecule has 1 aromatic carbocycles. The first-order chi connectivity index (χ1) is 14.3. The summed E-state index contributed by atoms with van der Waals surface area (Å²) in [6.45, 7) is 6.57. The third kappa shape index (κ3) is 4.24. The molecule has 8 nitrogen and oxygen atoms in total. The molecule has 2 aliphatic rings. The van der Waals surface area contributed by atoms with Crippen LogP contribution in [0.15, 0.2) is 36.5 Å². The third-order valence-electron chi connectivity index (χ3n) is 5.41. The predicted molar refractivity (Wildman–Crippen MR) is 112 cm³/mol. The molecular formula is C22H28N4O4. The van der Waals surface area contributed by atoms with Gasteiger partial charge in [-0.1, -0.05) is 20.8 Å². The molecule has 0 saturated carbocycles. The van der Waals surface area contributed by atoms with Crippen molar-refractivity contribution in [2.45, 2.75) is 45.1 Å². The first-order valence-electron chi connectivity index (χ1n) is 10.1. The van der Waals surface area contributed by atoms with Crippen molar-refractivity contribution >= 4 is 11.9 Å². The van der Waals surface area contributed by atoms with Crippen molar-refractivity contribution in [3.8, 4) is 17.0 Å². The van der Waals surface area contributed by atoms with Gasteiger partial charge in [-0.3, -0.25) is 4.79 Å². The molecule has 3 heterocycles. The smallest absolute Gasteiger partial charge is 0.225 e. The van der Waals surface area contributed by atoms with Gasteiger partial charge in [-0.05, 0) is 30.3 Å². The van der Waals surface area contributed by atoms with Crippen LogP contribution in [0.5, 0.6) is 5.75 Å². The minimum absolute atomic E-state index is 0.00714. The highest BCUT2D eigenvalue weighted by Gasteiger charge is 2.48. The summed E-state index contributed by atoms with van der Waals surface area (Å²) in [6.07, 6.45) is 1.38. The van der Waals surface area contributed by atoms with Crippen LogP contribution in [0.1, 0.15) is 20.8 Å². The molecule has 0 aliphatic carbocycles. The highest BCUT2D eigenvalue weighted by molar-refractivity contribution is 5.81. The molecule has 0 unspecified atom stereocenters. The zero-order valence-corrected chi connectivity index (χ0v) is 17.7. The summed E-state index contributed by atoms with van der Waals surface area (Å²) in [5.74, 6) is 1.31. The summed E-state index contributed by atoms with van der Waals surface area (Å²) in [4.78, 5) is 21.3. The molecule has 8 heteroatoms. The Morgan fingerprint density at radius 2 is 1.73 bits per heavy atom. The van der Waals surface area contributed by atoms with Crippen molar-refractivity contribution in [3.63, 3.8) is 0 Å². The van der Waals surface area contributed by atoms with Crippen LogP contribution >= 0.6 is 0 Å². The highest BCUT2D eigenvalue weighted by Crippen LogP contribution is 2.30. The molecule has 1 aromatic heterocycles. The largest absolute Gasteiger partial charge is 0.497 e. The van der Waals surface area contributed by atoms with Crippen molar-refractivity contribution in [2.24, 2.45) is 5.41 Å². The van der Waals surface area contributed by atoms with Crippen LogP contribution < -0.4 is 15.4 Å². The monoisotopic (exact) mass is 412 g/mol. The fourth-order valence-electron chi connectivity index (χ4n) is 3.65. The number of nitrogens with one attached hydrogen (secondary N) is 2. The molecule has 2 aromatic rings. The van der Waals surface area contributed by atoms with Crippen LogP contribution in [0.4, 0.5) is 5.95 Å². The predicted octanol–water partition coefficient (Wildman–Crippen LogP) is 2.26. The summed E-state index contributed by atoms with van der Waals surface area (Å²) < 4.78 is 17.1. The minimum Gasteiger partial charge on any atom is -0.497 e. The average molecular weight is 412 g/mol. The van der Waals surface area contributed by atoms with Gasteiger partial charge in [0.15, 0.2) is 0 Å². The van der Waals surface area contributed by atoms with Gasteiger partial charge in [0.2, 0.25) is 11.9 Å². The van der Waals surface area contributed by atoms with Crippen LogP contribution in [0.3, 0.4) is 0 Å². The highest BCUT2D eigenvalue weighted by atomic mass is 16.6. The van der Waals surface area contributed by atoms with Gasteiger partial charge >= 0.3 is 0 Å². The van der Waals surface area contributed by atoms with Crippen LogP contribution in [0, 0.1) is 5.41 Å². The first kappa shape index (κ1) is 20.6. The summed E-state index contributed by atoms with van der Waals surface area (Å²) in [6, 6.07) is 9.35. The first-order valence-corrected chi connectivity index (χ1v) is 10.1. The molecular weight excluding hydrogens is 384 g/mol. The maximum Gasteiger partial charge on any atom is 0.225 e. The van der Waals surface area contributed by atoms with Crippen LogP contribution in [-0.2, 0) is 14.3 Å². The van der Waals surface area contributed by atoms with Crippen molar-refractivity contribution < 1.29 is 19.0 Å². The summed E-state index contributed by atoms with van der Waals surface area (Å²) in [5, 5.41) is 6.40. The summed E-state index contributed by atoms with van der Waals surface area (Å²) in [5.41, 5.74) is 1.33. The number of benzene rings is 1. The Kier molecular flexibility index (Phi) is 5.62. The standard InChI is InChI=1S/C22H28N4O4/c1-22(2,3)20(27)24-16-11-29-19-17(12-30-18(16)19)26-21-23-10-9-15(25-21)13-5-7-14(28-4)8-6-13/h5-10,16-19H,11-12H2,1-4H3,(H,24,27)(H,23,25,26)/t16-,17-,18+,19+/m0/s1. The number of fused-ring (bicyclic) bond motifs is 1. The van der Waals surface area contributed by atoms with Gasteiger partial charge in [0.25, 0.3) is 0 Å². The van der Waals surface area contributed by atoms with Crippen molar-refractivity contribution in [3.05, 3.63) is 36.5 Å². The second-order valence-corrected chi connectivity index (χ2v) is 8.67. The van der Waals surface area contributed by atoms with E-state index in [0.29, 0.717) is 19.2 Å². The normalized spacial score (nSPS) is 25.6. The van der Waals surface area contributed by atoms with Gasteiger partial charge in [-0.25, -0.2) is 9.97 Å². The number of rotatable bonds is 5. The second kappa shape index (κ2) is 8.20. The fourth-order valence-corrected chi connectivity index (χ4v) is 3.65. The SMILES string of the molecule is COc1ccc(-c2ccnc(N[C@H]3CO[C@H]4[C@@H]3OC[C@@H]4NC(=O)C(C)(C)C)n2)cc1. The van der Waals surface area contributed by atoms with E-state index in [1.165, 1.54) is 0 Å². The molecule has 2 N–H and O–H groups in total. The Morgan fingerprint density at radius 3 is 2.40 bits per heavy atom.